The first-order valence-corrected chi connectivity index (χ1v) is 8.39. The lowest BCUT2D eigenvalue weighted by Crippen LogP contribution is -2.25. The molecule has 5 nitrogen and oxygen atoms in total. The van der Waals surface area contributed by atoms with E-state index in [0.717, 1.165) is 11.1 Å². The van der Waals surface area contributed by atoms with E-state index >= 15 is 0 Å². The van der Waals surface area contributed by atoms with Crippen molar-refractivity contribution in [2.24, 2.45) is 0 Å². The third-order valence-corrected chi connectivity index (χ3v) is 3.71. The fourth-order valence-corrected chi connectivity index (χ4v) is 2.47. The molecule has 132 valence electrons. The normalized spacial score (nSPS) is 10.3. The molecular formula is C20H23NO4. The Bertz CT molecular complexity index is 713. The average Bonchev–Trinajstić information content (AvgIpc) is 2.61. The van der Waals surface area contributed by atoms with Gasteiger partial charge in [0.05, 0.1) is 12.2 Å². The van der Waals surface area contributed by atoms with Crippen molar-refractivity contribution in [2.45, 2.75) is 26.2 Å². The highest BCUT2D eigenvalue weighted by Gasteiger charge is 2.12. The van der Waals surface area contributed by atoms with Crippen LogP contribution in [0, 0.1) is 0 Å². The molecule has 0 aliphatic carbocycles. The van der Waals surface area contributed by atoms with E-state index < -0.39 is 0 Å². The molecule has 0 radical (unpaired) electrons. The van der Waals surface area contributed by atoms with Gasteiger partial charge in [0.25, 0.3) is 5.91 Å². The summed E-state index contributed by atoms with van der Waals surface area (Å²) in [4.78, 5) is 23.5. The van der Waals surface area contributed by atoms with E-state index in [1.165, 1.54) is 6.07 Å². The van der Waals surface area contributed by atoms with E-state index in [0.29, 0.717) is 26.0 Å². The number of amides is 1. The number of carbonyl (C=O) groups excluding carboxylic acids is 2. The smallest absolute Gasteiger partial charge is 0.305 e. The van der Waals surface area contributed by atoms with Crippen LogP contribution in [0.25, 0.3) is 0 Å². The Labute approximate surface area is 147 Å². The summed E-state index contributed by atoms with van der Waals surface area (Å²) in [5.41, 5.74) is 2.32. The summed E-state index contributed by atoms with van der Waals surface area (Å²) in [6.07, 6.45) is 1.44. The predicted molar refractivity (Wildman–Crippen MR) is 95.6 cm³/mol. The molecule has 5 heteroatoms. The molecule has 2 rings (SSSR count). The van der Waals surface area contributed by atoms with Crippen LogP contribution in [0.1, 0.15) is 41.3 Å². The number of rotatable bonds is 8. The molecule has 2 aromatic carbocycles. The van der Waals surface area contributed by atoms with Gasteiger partial charge >= 0.3 is 5.97 Å². The number of phenols is 1. The number of phenolic OH excluding ortho intramolecular Hbond substituents is 1. The third-order valence-electron chi connectivity index (χ3n) is 3.71. The van der Waals surface area contributed by atoms with Gasteiger partial charge in [0, 0.05) is 13.0 Å². The van der Waals surface area contributed by atoms with Crippen molar-refractivity contribution in [1.82, 2.24) is 5.32 Å². The van der Waals surface area contributed by atoms with Crippen LogP contribution in [-0.4, -0.2) is 30.1 Å². The van der Waals surface area contributed by atoms with Gasteiger partial charge in [0.2, 0.25) is 0 Å². The summed E-state index contributed by atoms with van der Waals surface area (Å²) >= 11 is 0. The second kappa shape index (κ2) is 9.47. The number of benzene rings is 2. The zero-order valence-corrected chi connectivity index (χ0v) is 14.3. The van der Waals surface area contributed by atoms with E-state index in [-0.39, 0.29) is 29.6 Å². The number of aromatic hydroxyl groups is 1. The molecular weight excluding hydrogens is 318 g/mol. The van der Waals surface area contributed by atoms with Crippen LogP contribution in [0.5, 0.6) is 5.75 Å². The van der Waals surface area contributed by atoms with Gasteiger partial charge in [-0.1, -0.05) is 36.4 Å². The van der Waals surface area contributed by atoms with Crippen LogP contribution in [0.4, 0.5) is 0 Å². The minimum Gasteiger partial charge on any atom is -0.507 e. The molecule has 0 bridgehead atoms. The van der Waals surface area contributed by atoms with Crippen LogP contribution in [0.2, 0.25) is 0 Å². The number of nitrogens with one attached hydrogen (secondary N) is 1. The molecule has 0 saturated carbocycles. The van der Waals surface area contributed by atoms with E-state index in [1.807, 2.05) is 30.3 Å². The zero-order valence-electron chi connectivity index (χ0n) is 14.3. The molecule has 0 saturated heterocycles. The second-order valence-electron chi connectivity index (χ2n) is 5.68. The lowest BCUT2D eigenvalue weighted by Gasteiger charge is -2.09. The van der Waals surface area contributed by atoms with Crippen molar-refractivity contribution >= 4 is 11.9 Å². The fraction of sp³-hybridized carbons (Fsp3) is 0.300. The SMILES string of the molecule is CCOC(=O)CCCNC(=O)c1cc(Cc2ccccc2)ccc1O. The second-order valence-corrected chi connectivity index (χ2v) is 5.68. The average molecular weight is 341 g/mol. The maximum absolute atomic E-state index is 12.3. The lowest BCUT2D eigenvalue weighted by atomic mass is 10.0. The molecule has 2 aromatic rings. The Balaban J connectivity index is 1.92. The third kappa shape index (κ3) is 5.95. The summed E-state index contributed by atoms with van der Waals surface area (Å²) in [6, 6.07) is 15.0. The van der Waals surface area contributed by atoms with E-state index in [4.69, 9.17) is 4.74 Å². The summed E-state index contributed by atoms with van der Waals surface area (Å²) < 4.78 is 4.83. The van der Waals surface area contributed by atoms with Gasteiger partial charge in [0.15, 0.2) is 0 Å². The highest BCUT2D eigenvalue weighted by atomic mass is 16.5. The van der Waals surface area contributed by atoms with Crippen LogP contribution >= 0.6 is 0 Å². The first-order chi connectivity index (χ1) is 12.1. The first-order valence-electron chi connectivity index (χ1n) is 8.39. The Kier molecular flexibility index (Phi) is 7.01. The summed E-state index contributed by atoms with van der Waals surface area (Å²) in [7, 11) is 0. The highest BCUT2D eigenvalue weighted by Crippen LogP contribution is 2.20. The number of ether oxygens (including phenoxy) is 1. The maximum Gasteiger partial charge on any atom is 0.305 e. The van der Waals surface area contributed by atoms with E-state index in [2.05, 4.69) is 5.32 Å². The number of hydrogen-bond acceptors (Lipinski definition) is 4. The number of carbonyl (C=O) groups is 2. The van der Waals surface area contributed by atoms with Crippen molar-refractivity contribution in [3.8, 4) is 5.75 Å². The van der Waals surface area contributed by atoms with Crippen molar-refractivity contribution in [2.75, 3.05) is 13.2 Å². The summed E-state index contributed by atoms with van der Waals surface area (Å²) in [5, 5.41) is 12.7. The van der Waals surface area contributed by atoms with Gasteiger partial charge in [-0.2, -0.15) is 0 Å². The van der Waals surface area contributed by atoms with Gasteiger partial charge < -0.3 is 15.2 Å². The van der Waals surface area contributed by atoms with Crippen LogP contribution in [0.3, 0.4) is 0 Å². The molecule has 1 amide bonds. The molecule has 2 N–H and O–H groups in total. The minimum absolute atomic E-state index is 0.0558. The molecule has 0 heterocycles. The Hall–Kier alpha value is -2.82. The predicted octanol–water partition coefficient (Wildman–Crippen LogP) is 3.06. The topological polar surface area (TPSA) is 75.6 Å². The van der Waals surface area contributed by atoms with Crippen LogP contribution in [0.15, 0.2) is 48.5 Å². The first kappa shape index (κ1) is 18.5. The largest absolute Gasteiger partial charge is 0.507 e. The summed E-state index contributed by atoms with van der Waals surface area (Å²) in [5.74, 6) is -0.680. The molecule has 0 atom stereocenters. The standard InChI is InChI=1S/C20H23NO4/c1-2-25-19(23)9-6-12-21-20(24)17-14-16(10-11-18(17)22)13-15-7-4-3-5-8-15/h3-5,7-8,10-11,14,22H,2,6,9,12-13H2,1H3,(H,21,24). The van der Waals surface area contributed by atoms with Crippen LogP contribution < -0.4 is 5.32 Å². The Morgan fingerprint density at radius 1 is 1.08 bits per heavy atom. The minimum atomic E-state index is -0.351. The number of esters is 1. The van der Waals surface area contributed by atoms with Crippen molar-refractivity contribution in [1.29, 1.82) is 0 Å². The molecule has 0 unspecified atom stereocenters. The van der Waals surface area contributed by atoms with Crippen LogP contribution in [-0.2, 0) is 16.0 Å². The molecule has 25 heavy (non-hydrogen) atoms. The van der Waals surface area contributed by atoms with Gasteiger partial charge in [-0.15, -0.1) is 0 Å². The molecule has 0 fully saturated rings. The van der Waals surface area contributed by atoms with Crippen molar-refractivity contribution in [3.05, 3.63) is 65.2 Å². The Morgan fingerprint density at radius 2 is 1.84 bits per heavy atom. The van der Waals surface area contributed by atoms with E-state index in [9.17, 15) is 14.7 Å². The van der Waals surface area contributed by atoms with Gasteiger partial charge in [0.1, 0.15) is 5.75 Å². The quantitative estimate of drug-likeness (QED) is 0.571. The molecule has 0 aromatic heterocycles. The van der Waals surface area contributed by atoms with Crippen molar-refractivity contribution in [3.63, 3.8) is 0 Å². The highest BCUT2D eigenvalue weighted by molar-refractivity contribution is 5.97. The zero-order chi connectivity index (χ0) is 18.1. The van der Waals surface area contributed by atoms with Gasteiger partial charge in [-0.3, -0.25) is 9.59 Å². The fourth-order valence-electron chi connectivity index (χ4n) is 2.47. The van der Waals surface area contributed by atoms with Crippen molar-refractivity contribution < 1.29 is 19.4 Å². The Morgan fingerprint density at radius 3 is 2.56 bits per heavy atom. The molecule has 0 aliphatic rings. The maximum atomic E-state index is 12.3. The van der Waals surface area contributed by atoms with Gasteiger partial charge in [-0.05, 0) is 43.0 Å². The summed E-state index contributed by atoms with van der Waals surface area (Å²) in [6.45, 7) is 2.46. The van der Waals surface area contributed by atoms with Gasteiger partial charge in [-0.25, -0.2) is 0 Å². The number of hydrogen-bond donors (Lipinski definition) is 2. The molecule has 0 spiro atoms. The molecule has 0 aliphatic heterocycles. The lowest BCUT2D eigenvalue weighted by molar-refractivity contribution is -0.143. The van der Waals surface area contributed by atoms with E-state index in [1.54, 1.807) is 19.1 Å². The monoisotopic (exact) mass is 341 g/mol.